The summed E-state index contributed by atoms with van der Waals surface area (Å²) in [7, 11) is -2.68. The van der Waals surface area contributed by atoms with Gasteiger partial charge in [0.2, 0.25) is 0 Å². The second-order valence-corrected chi connectivity index (χ2v) is 6.35. The second-order valence-electron chi connectivity index (χ2n) is 4.12. The number of sulfone groups is 1. The summed E-state index contributed by atoms with van der Waals surface area (Å²) >= 11 is 0. The van der Waals surface area contributed by atoms with Gasteiger partial charge in [-0.3, -0.25) is 0 Å². The fourth-order valence-corrected chi connectivity index (χ4v) is 4.20. The van der Waals surface area contributed by atoms with Gasteiger partial charge in [0.15, 0.2) is 9.84 Å². The molecule has 0 aromatic carbocycles. The number of quaternary nitrogens is 2. The largest absolute Gasteiger partial charge is 0.337 e. The molecule has 0 aromatic heterocycles. The summed E-state index contributed by atoms with van der Waals surface area (Å²) in [5.41, 5.74) is 0. The van der Waals surface area contributed by atoms with Gasteiger partial charge in [0.1, 0.15) is 38.0 Å². The molecule has 1 atom stereocenters. The van der Waals surface area contributed by atoms with Gasteiger partial charge in [-0.25, -0.2) is 8.42 Å². The first-order chi connectivity index (χ1) is 6.17. The highest BCUT2D eigenvalue weighted by molar-refractivity contribution is 7.91. The predicted octanol–water partition coefficient (Wildman–Crippen LogP) is -3.36. The van der Waals surface area contributed by atoms with Crippen LogP contribution in [0.1, 0.15) is 6.42 Å². The molecule has 5 heteroatoms. The summed E-state index contributed by atoms with van der Waals surface area (Å²) in [4.78, 5) is 1.52. The zero-order valence-electron chi connectivity index (χ0n) is 7.83. The van der Waals surface area contributed by atoms with E-state index in [1.807, 2.05) is 0 Å². The maximum absolute atomic E-state index is 11.3. The van der Waals surface area contributed by atoms with E-state index in [-0.39, 0.29) is 0 Å². The SMILES string of the molecule is O=S1(=O)CCC([NH+]2CC[NH2+]CC2)C1. The average Bonchev–Trinajstić information content (AvgIpc) is 2.48. The number of nitrogens with one attached hydrogen (secondary N) is 1. The van der Waals surface area contributed by atoms with Crippen LogP contribution in [0.5, 0.6) is 0 Å². The molecule has 3 N–H and O–H groups in total. The molecule has 2 heterocycles. The Hall–Kier alpha value is -0.130. The Morgan fingerprint density at radius 3 is 2.46 bits per heavy atom. The molecule has 2 aliphatic heterocycles. The molecule has 0 bridgehead atoms. The molecule has 13 heavy (non-hydrogen) atoms. The van der Waals surface area contributed by atoms with E-state index < -0.39 is 9.84 Å². The number of piperazine rings is 1. The van der Waals surface area contributed by atoms with Gasteiger partial charge in [-0.1, -0.05) is 0 Å². The Kier molecular flexibility index (Phi) is 2.58. The Morgan fingerprint density at radius 2 is 1.92 bits per heavy atom. The number of hydrogen-bond acceptors (Lipinski definition) is 2. The topological polar surface area (TPSA) is 55.2 Å². The van der Waals surface area contributed by atoms with Crippen molar-refractivity contribution in [2.45, 2.75) is 12.5 Å². The lowest BCUT2D eigenvalue weighted by Crippen LogP contribution is -3.23. The van der Waals surface area contributed by atoms with Gasteiger partial charge < -0.3 is 10.2 Å². The lowest BCUT2D eigenvalue weighted by atomic mass is 10.2. The van der Waals surface area contributed by atoms with Crippen LogP contribution in [0.3, 0.4) is 0 Å². The normalized spacial score (nSPS) is 34.9. The van der Waals surface area contributed by atoms with E-state index in [2.05, 4.69) is 5.32 Å². The van der Waals surface area contributed by atoms with Gasteiger partial charge in [-0.05, 0) is 0 Å². The van der Waals surface area contributed by atoms with Crippen LogP contribution in [0.4, 0.5) is 0 Å². The summed E-state index contributed by atoms with van der Waals surface area (Å²) in [5, 5.41) is 2.31. The Balaban J connectivity index is 1.95. The summed E-state index contributed by atoms with van der Waals surface area (Å²) in [6.45, 7) is 4.60. The van der Waals surface area contributed by atoms with Crippen molar-refractivity contribution >= 4 is 9.84 Å². The van der Waals surface area contributed by atoms with Gasteiger partial charge >= 0.3 is 0 Å². The van der Waals surface area contributed by atoms with Crippen molar-refractivity contribution in [3.05, 3.63) is 0 Å². The maximum Gasteiger partial charge on any atom is 0.156 e. The van der Waals surface area contributed by atoms with E-state index in [0.29, 0.717) is 17.5 Å². The number of nitrogens with two attached hydrogens (primary N) is 1. The minimum Gasteiger partial charge on any atom is -0.337 e. The molecular formula is C8H18N2O2S+2. The van der Waals surface area contributed by atoms with Crippen molar-refractivity contribution in [2.75, 3.05) is 37.7 Å². The molecule has 0 radical (unpaired) electrons. The van der Waals surface area contributed by atoms with E-state index in [4.69, 9.17) is 0 Å². The van der Waals surface area contributed by atoms with Gasteiger partial charge in [-0.15, -0.1) is 0 Å². The average molecular weight is 206 g/mol. The fourth-order valence-electron chi connectivity index (χ4n) is 2.37. The summed E-state index contributed by atoms with van der Waals surface area (Å²) < 4.78 is 22.5. The Labute approximate surface area is 79.2 Å². The summed E-state index contributed by atoms with van der Waals surface area (Å²) in [6, 6.07) is 0.402. The van der Waals surface area contributed by atoms with Crippen LogP contribution in [0.2, 0.25) is 0 Å². The van der Waals surface area contributed by atoms with Crippen LogP contribution in [0, 0.1) is 0 Å². The Bertz CT molecular complexity index is 270. The zero-order valence-corrected chi connectivity index (χ0v) is 8.65. The Morgan fingerprint density at radius 1 is 1.23 bits per heavy atom. The smallest absolute Gasteiger partial charge is 0.156 e. The van der Waals surface area contributed by atoms with E-state index in [1.165, 1.54) is 4.90 Å². The van der Waals surface area contributed by atoms with Crippen molar-refractivity contribution in [3.8, 4) is 0 Å². The molecule has 0 aromatic rings. The maximum atomic E-state index is 11.3. The monoisotopic (exact) mass is 206 g/mol. The highest BCUT2D eigenvalue weighted by atomic mass is 32.2. The third kappa shape index (κ3) is 2.21. The lowest BCUT2D eigenvalue weighted by Gasteiger charge is -2.26. The van der Waals surface area contributed by atoms with Crippen LogP contribution >= 0.6 is 0 Å². The van der Waals surface area contributed by atoms with E-state index in [0.717, 1.165) is 32.6 Å². The first-order valence-electron chi connectivity index (χ1n) is 5.04. The molecule has 0 amide bonds. The third-order valence-electron chi connectivity index (χ3n) is 3.15. The molecule has 2 rings (SSSR count). The minimum absolute atomic E-state index is 0.402. The molecule has 2 fully saturated rings. The summed E-state index contributed by atoms with van der Waals surface area (Å²) in [6.07, 6.45) is 0.887. The van der Waals surface area contributed by atoms with Gasteiger partial charge in [0.05, 0.1) is 5.75 Å². The van der Waals surface area contributed by atoms with Gasteiger partial charge in [-0.2, -0.15) is 0 Å². The third-order valence-corrected chi connectivity index (χ3v) is 4.92. The van der Waals surface area contributed by atoms with Crippen LogP contribution in [-0.4, -0.2) is 52.1 Å². The van der Waals surface area contributed by atoms with E-state index in [9.17, 15) is 8.42 Å². The summed E-state index contributed by atoms with van der Waals surface area (Å²) in [5.74, 6) is 0.854. The first-order valence-corrected chi connectivity index (χ1v) is 6.86. The second kappa shape index (κ2) is 3.55. The molecule has 2 aliphatic rings. The molecular weight excluding hydrogens is 188 g/mol. The van der Waals surface area contributed by atoms with E-state index >= 15 is 0 Å². The predicted molar refractivity (Wildman–Crippen MR) is 49.4 cm³/mol. The van der Waals surface area contributed by atoms with Crippen LogP contribution in [0.15, 0.2) is 0 Å². The number of hydrogen-bond donors (Lipinski definition) is 2. The first kappa shape index (κ1) is 9.43. The standard InChI is InChI=1S/C8H16N2O2S/c11-13(12)6-1-8(7-13)10-4-2-9-3-5-10/h8-9H,1-7H2/p+2. The molecule has 0 spiro atoms. The van der Waals surface area contributed by atoms with Crippen LogP contribution in [0.25, 0.3) is 0 Å². The highest BCUT2D eigenvalue weighted by Gasteiger charge is 2.36. The van der Waals surface area contributed by atoms with E-state index in [1.54, 1.807) is 0 Å². The van der Waals surface area contributed by atoms with Crippen LogP contribution in [-0.2, 0) is 9.84 Å². The van der Waals surface area contributed by atoms with Crippen molar-refractivity contribution in [1.82, 2.24) is 0 Å². The van der Waals surface area contributed by atoms with Gasteiger partial charge in [0.25, 0.3) is 0 Å². The molecule has 76 valence electrons. The molecule has 2 saturated heterocycles. The van der Waals surface area contributed by atoms with Crippen LogP contribution < -0.4 is 10.2 Å². The van der Waals surface area contributed by atoms with Gasteiger partial charge in [0, 0.05) is 6.42 Å². The van der Waals surface area contributed by atoms with Crippen molar-refractivity contribution in [2.24, 2.45) is 0 Å². The number of rotatable bonds is 1. The van der Waals surface area contributed by atoms with Crippen molar-refractivity contribution < 1.29 is 18.6 Å². The fraction of sp³-hybridized carbons (Fsp3) is 1.00. The lowest BCUT2D eigenvalue weighted by molar-refractivity contribution is -0.964. The zero-order chi connectivity index (χ0) is 9.31. The molecule has 1 unspecified atom stereocenters. The highest BCUT2D eigenvalue weighted by Crippen LogP contribution is 2.08. The van der Waals surface area contributed by atoms with Crippen molar-refractivity contribution in [3.63, 3.8) is 0 Å². The molecule has 0 aliphatic carbocycles. The molecule has 4 nitrogen and oxygen atoms in total. The minimum atomic E-state index is -2.68. The van der Waals surface area contributed by atoms with Crippen molar-refractivity contribution in [1.29, 1.82) is 0 Å². The quantitative estimate of drug-likeness (QED) is 0.471. The molecule has 0 saturated carbocycles.